The molecule has 22 heavy (non-hydrogen) atoms. The number of phenolic OH excluding ortho intramolecular Hbond substituents is 1. The minimum absolute atomic E-state index is 0.0393. The molecule has 1 atom stereocenters. The minimum atomic E-state index is -0.685. The second-order valence-corrected chi connectivity index (χ2v) is 5.49. The molecule has 1 aliphatic rings. The fourth-order valence-corrected chi connectivity index (χ4v) is 2.95. The van der Waals surface area contributed by atoms with E-state index in [1.165, 1.54) is 19.6 Å². The van der Waals surface area contributed by atoms with Crippen LogP contribution in [0.15, 0.2) is 35.1 Å². The van der Waals surface area contributed by atoms with E-state index in [-0.39, 0.29) is 18.0 Å². The van der Waals surface area contributed by atoms with Crippen molar-refractivity contribution < 1.29 is 19.1 Å². The fraction of sp³-hybridized carbons (Fsp3) is 0.294. The number of aromatic hydroxyl groups is 1. The van der Waals surface area contributed by atoms with Crippen LogP contribution in [0.25, 0.3) is 0 Å². The number of benzene rings is 1. The zero-order valence-corrected chi connectivity index (χ0v) is 12.1. The van der Waals surface area contributed by atoms with Crippen molar-refractivity contribution in [2.24, 2.45) is 0 Å². The molecule has 5 heteroatoms. The maximum atomic E-state index is 12.1. The van der Waals surface area contributed by atoms with E-state index in [2.05, 4.69) is 6.07 Å². The number of ether oxygens (including phenoxy) is 1. The van der Waals surface area contributed by atoms with E-state index < -0.39 is 5.41 Å². The second kappa shape index (κ2) is 5.23. The number of Topliss-reactive ketones (excluding diaryl/α,β-unsaturated/α-hetero) is 1. The number of furan rings is 1. The quantitative estimate of drug-likeness (QED) is 0.858. The number of fused-ring (bicyclic) bond motifs is 1. The van der Waals surface area contributed by atoms with Crippen molar-refractivity contribution in [1.82, 2.24) is 0 Å². The van der Waals surface area contributed by atoms with Gasteiger partial charge in [0.15, 0.2) is 17.3 Å². The van der Waals surface area contributed by atoms with Gasteiger partial charge in [0.1, 0.15) is 6.26 Å². The number of carbonyl (C=O) groups excluding carboxylic acids is 1. The lowest BCUT2D eigenvalue weighted by Crippen LogP contribution is -2.38. The first-order valence-corrected chi connectivity index (χ1v) is 6.96. The van der Waals surface area contributed by atoms with Crippen LogP contribution in [-0.2, 0) is 11.8 Å². The highest BCUT2D eigenvalue weighted by molar-refractivity contribution is 5.95. The molecule has 1 aliphatic carbocycles. The number of ketones is 1. The van der Waals surface area contributed by atoms with Crippen LogP contribution in [0.1, 0.15) is 34.3 Å². The predicted octanol–water partition coefficient (Wildman–Crippen LogP) is 2.97. The Morgan fingerprint density at radius 2 is 2.36 bits per heavy atom. The molecule has 1 N–H and O–H groups in total. The number of hydrogen-bond acceptors (Lipinski definition) is 5. The summed E-state index contributed by atoms with van der Waals surface area (Å²) >= 11 is 0. The number of phenols is 1. The Kier molecular flexibility index (Phi) is 3.38. The van der Waals surface area contributed by atoms with Crippen LogP contribution >= 0.6 is 0 Å². The molecular formula is C17H15NO4. The monoisotopic (exact) mass is 297 g/mol. The molecular weight excluding hydrogens is 282 g/mol. The average Bonchev–Trinajstić information content (AvgIpc) is 3.04. The maximum Gasteiger partial charge on any atom is 0.166 e. The summed E-state index contributed by atoms with van der Waals surface area (Å²) in [4.78, 5) is 12.1. The Hall–Kier alpha value is -2.74. The average molecular weight is 297 g/mol. The Bertz CT molecular complexity index is 758. The van der Waals surface area contributed by atoms with Gasteiger partial charge in [-0.3, -0.25) is 4.79 Å². The molecule has 0 aliphatic heterocycles. The summed E-state index contributed by atoms with van der Waals surface area (Å²) in [6.07, 6.45) is 4.12. The van der Waals surface area contributed by atoms with Gasteiger partial charge in [0.05, 0.1) is 30.4 Å². The summed E-state index contributed by atoms with van der Waals surface area (Å²) in [6, 6.07) is 7.27. The third-order valence-electron chi connectivity index (χ3n) is 4.25. The highest BCUT2D eigenvalue weighted by atomic mass is 16.5. The van der Waals surface area contributed by atoms with Crippen LogP contribution in [0, 0.1) is 11.3 Å². The van der Waals surface area contributed by atoms with E-state index in [4.69, 9.17) is 9.15 Å². The van der Waals surface area contributed by atoms with E-state index in [9.17, 15) is 15.2 Å². The zero-order chi connectivity index (χ0) is 15.7. The summed E-state index contributed by atoms with van der Waals surface area (Å²) in [5, 5.41) is 19.3. The van der Waals surface area contributed by atoms with Crippen LogP contribution in [0.4, 0.5) is 0 Å². The number of hydrogen-bond donors (Lipinski definition) is 1. The van der Waals surface area contributed by atoms with Gasteiger partial charge in [0, 0.05) is 6.42 Å². The topological polar surface area (TPSA) is 83.5 Å². The lowest BCUT2D eigenvalue weighted by atomic mass is 9.62. The number of nitriles is 1. The summed E-state index contributed by atoms with van der Waals surface area (Å²) < 4.78 is 10.0. The zero-order valence-electron chi connectivity index (χ0n) is 12.1. The molecule has 1 unspecified atom stereocenters. The van der Waals surface area contributed by atoms with Gasteiger partial charge in [0.2, 0.25) is 0 Å². The van der Waals surface area contributed by atoms with Gasteiger partial charge in [-0.05, 0) is 42.2 Å². The van der Waals surface area contributed by atoms with E-state index in [1.807, 2.05) is 0 Å². The van der Waals surface area contributed by atoms with Gasteiger partial charge < -0.3 is 14.3 Å². The molecule has 0 saturated heterocycles. The highest BCUT2D eigenvalue weighted by Gasteiger charge is 2.44. The molecule has 1 heterocycles. The first-order valence-electron chi connectivity index (χ1n) is 6.96. The lowest BCUT2D eigenvalue weighted by molar-refractivity contribution is 0.0971. The smallest absolute Gasteiger partial charge is 0.166 e. The third kappa shape index (κ3) is 2.13. The second-order valence-electron chi connectivity index (χ2n) is 5.49. The van der Waals surface area contributed by atoms with Crippen LogP contribution in [-0.4, -0.2) is 18.0 Å². The molecule has 1 aromatic carbocycles. The summed E-state index contributed by atoms with van der Waals surface area (Å²) in [5.41, 5.74) is 1.60. The van der Waals surface area contributed by atoms with Crippen LogP contribution in [0.2, 0.25) is 0 Å². The van der Waals surface area contributed by atoms with E-state index >= 15 is 0 Å². The molecule has 1 aromatic heterocycles. The van der Waals surface area contributed by atoms with Crippen molar-refractivity contribution in [3.05, 3.63) is 47.4 Å². The van der Waals surface area contributed by atoms with Gasteiger partial charge in [-0.25, -0.2) is 0 Å². The number of nitrogens with zero attached hydrogens (tertiary/aromatic N) is 1. The number of carbonyl (C=O) groups is 1. The molecule has 0 spiro atoms. The normalized spacial score (nSPS) is 18.9. The van der Waals surface area contributed by atoms with Crippen molar-refractivity contribution in [3.63, 3.8) is 0 Å². The van der Waals surface area contributed by atoms with Gasteiger partial charge in [-0.2, -0.15) is 5.26 Å². The molecule has 3 rings (SSSR count). The Balaban J connectivity index is 1.80. The molecule has 2 aromatic rings. The largest absolute Gasteiger partial charge is 0.504 e. The Morgan fingerprint density at radius 1 is 1.55 bits per heavy atom. The van der Waals surface area contributed by atoms with E-state index in [0.717, 1.165) is 11.1 Å². The number of rotatable bonds is 5. The minimum Gasteiger partial charge on any atom is -0.504 e. The SMILES string of the molecule is COc1cc2c(cc1O)CC2(C#N)CCC(=O)c1ccoc1. The van der Waals surface area contributed by atoms with Crippen molar-refractivity contribution in [2.75, 3.05) is 7.11 Å². The Morgan fingerprint density at radius 3 is 3.00 bits per heavy atom. The molecule has 5 nitrogen and oxygen atoms in total. The maximum absolute atomic E-state index is 12.1. The van der Waals surface area contributed by atoms with E-state index in [0.29, 0.717) is 24.2 Å². The summed E-state index contributed by atoms with van der Waals surface area (Å²) in [5.74, 6) is 0.379. The third-order valence-corrected chi connectivity index (χ3v) is 4.25. The van der Waals surface area contributed by atoms with Crippen molar-refractivity contribution >= 4 is 5.78 Å². The summed E-state index contributed by atoms with van der Waals surface area (Å²) in [6.45, 7) is 0. The van der Waals surface area contributed by atoms with Crippen LogP contribution < -0.4 is 4.74 Å². The van der Waals surface area contributed by atoms with Crippen LogP contribution in [0.5, 0.6) is 11.5 Å². The van der Waals surface area contributed by atoms with Crippen LogP contribution in [0.3, 0.4) is 0 Å². The molecule has 0 bridgehead atoms. The lowest BCUT2D eigenvalue weighted by Gasteiger charge is -2.38. The molecule has 0 saturated carbocycles. The molecule has 0 radical (unpaired) electrons. The van der Waals surface area contributed by atoms with Gasteiger partial charge >= 0.3 is 0 Å². The predicted molar refractivity (Wildman–Crippen MR) is 77.9 cm³/mol. The number of methoxy groups -OCH3 is 1. The van der Waals surface area contributed by atoms with Crippen molar-refractivity contribution in [3.8, 4) is 17.6 Å². The fourth-order valence-electron chi connectivity index (χ4n) is 2.95. The first-order chi connectivity index (χ1) is 10.6. The summed E-state index contributed by atoms with van der Waals surface area (Å²) in [7, 11) is 1.47. The highest BCUT2D eigenvalue weighted by Crippen LogP contribution is 2.48. The molecule has 112 valence electrons. The van der Waals surface area contributed by atoms with Gasteiger partial charge in [0.25, 0.3) is 0 Å². The standard InChI is InChI=1S/C17H15NO4/c1-21-16-7-13-12(6-15(16)20)8-17(13,10-18)4-2-14(19)11-3-5-22-9-11/h3,5-7,9,20H,2,4,8H2,1H3. The van der Waals surface area contributed by atoms with E-state index in [1.54, 1.807) is 18.2 Å². The molecule has 0 amide bonds. The van der Waals surface area contributed by atoms with Gasteiger partial charge in [-0.1, -0.05) is 0 Å². The van der Waals surface area contributed by atoms with Crippen molar-refractivity contribution in [1.29, 1.82) is 5.26 Å². The Labute approximate surface area is 127 Å². The molecule has 0 fully saturated rings. The van der Waals surface area contributed by atoms with Gasteiger partial charge in [-0.15, -0.1) is 0 Å². The van der Waals surface area contributed by atoms with Crippen molar-refractivity contribution in [2.45, 2.75) is 24.7 Å². The first kappa shape index (κ1) is 14.2.